The van der Waals surface area contributed by atoms with E-state index >= 15 is 0 Å². The fraction of sp³-hybridized carbons (Fsp3) is 0.562. The Hall–Kier alpha value is -0.683. The van der Waals surface area contributed by atoms with E-state index in [1.165, 1.54) is 0 Å². The summed E-state index contributed by atoms with van der Waals surface area (Å²) < 4.78 is 11.6. The third-order valence-electron chi connectivity index (χ3n) is 3.88. The van der Waals surface area contributed by atoms with Crippen molar-refractivity contribution < 1.29 is 14.0 Å². The van der Waals surface area contributed by atoms with Crippen molar-refractivity contribution in [3.63, 3.8) is 0 Å². The lowest BCUT2D eigenvalue weighted by Gasteiger charge is -2.38. The molecule has 1 aromatic rings. The zero-order valence-electron chi connectivity index (χ0n) is 13.5. The van der Waals surface area contributed by atoms with Gasteiger partial charge in [0.2, 0.25) is 0 Å². The fourth-order valence-electron chi connectivity index (χ4n) is 1.54. The summed E-state index contributed by atoms with van der Waals surface area (Å²) in [5, 5.41) is -0.468. The smallest absolute Gasteiger partial charge is 0.251 e. The molecule has 0 saturated carbocycles. The van der Waals surface area contributed by atoms with Gasteiger partial charge in [0.1, 0.15) is 6.10 Å². The Labute approximate surface area is 133 Å². The molecule has 3 nitrogen and oxygen atoms in total. The highest BCUT2D eigenvalue weighted by Gasteiger charge is 2.40. The summed E-state index contributed by atoms with van der Waals surface area (Å²) in [4.78, 5) is 11.6. The van der Waals surface area contributed by atoms with Crippen LogP contribution in [0.15, 0.2) is 30.3 Å². The van der Waals surface area contributed by atoms with E-state index in [9.17, 15) is 4.79 Å². The monoisotopic (exact) mass is 328 g/mol. The number of hydrogen-bond acceptors (Lipinski definition) is 3. The highest BCUT2D eigenvalue weighted by Crippen LogP contribution is 2.37. The van der Waals surface area contributed by atoms with Crippen LogP contribution in [0.3, 0.4) is 0 Å². The number of ether oxygens (including phenoxy) is 1. The predicted molar refractivity (Wildman–Crippen MR) is 89.0 cm³/mol. The van der Waals surface area contributed by atoms with Crippen molar-refractivity contribution in [3.05, 3.63) is 35.9 Å². The Kier molecular flexibility index (Phi) is 6.59. The van der Waals surface area contributed by atoms with Crippen LogP contribution in [0.1, 0.15) is 26.3 Å². The van der Waals surface area contributed by atoms with Gasteiger partial charge in [-0.15, -0.1) is 0 Å². The summed E-state index contributed by atoms with van der Waals surface area (Å²) in [7, 11) is -2.05. The summed E-state index contributed by atoms with van der Waals surface area (Å²) >= 11 is 5.66. The largest absolute Gasteiger partial charge is 0.404 e. The molecule has 0 fully saturated rings. The van der Waals surface area contributed by atoms with Crippen LogP contribution in [-0.2, 0) is 20.6 Å². The standard InChI is InChI=1S/C16H25ClO3Si/c1-16(2,3)21(4,5)20-14(15(17)18)12-19-11-13-9-7-6-8-10-13/h6-10,14H,11-12H2,1-5H3. The first-order valence-corrected chi connectivity index (χ1v) is 10.4. The number of benzene rings is 1. The second-order valence-electron chi connectivity index (χ2n) is 6.67. The Morgan fingerprint density at radius 3 is 2.29 bits per heavy atom. The third kappa shape index (κ3) is 5.91. The van der Waals surface area contributed by atoms with Crippen LogP contribution in [0.5, 0.6) is 0 Å². The molecule has 5 heteroatoms. The lowest BCUT2D eigenvalue weighted by molar-refractivity contribution is -0.121. The molecule has 0 bridgehead atoms. The van der Waals surface area contributed by atoms with Gasteiger partial charge in [0.05, 0.1) is 13.2 Å². The Morgan fingerprint density at radius 2 is 1.81 bits per heavy atom. The zero-order valence-corrected chi connectivity index (χ0v) is 15.2. The molecular formula is C16H25ClO3Si. The molecule has 21 heavy (non-hydrogen) atoms. The normalized spacial score (nSPS) is 14.0. The topological polar surface area (TPSA) is 35.5 Å². The van der Waals surface area contributed by atoms with E-state index in [1.54, 1.807) is 0 Å². The molecule has 0 radical (unpaired) electrons. The summed E-state index contributed by atoms with van der Waals surface area (Å²) in [5.41, 5.74) is 1.06. The van der Waals surface area contributed by atoms with Crippen LogP contribution in [0.4, 0.5) is 0 Å². The molecule has 0 aliphatic heterocycles. The quantitative estimate of drug-likeness (QED) is 0.551. The fourth-order valence-corrected chi connectivity index (χ4v) is 2.96. The Balaban J connectivity index is 2.57. The minimum atomic E-state index is -2.05. The SMILES string of the molecule is CC(C)(C)[Si](C)(C)OC(COCc1ccccc1)C(=O)Cl. The molecule has 0 aromatic heterocycles. The van der Waals surface area contributed by atoms with Gasteiger partial charge in [-0.1, -0.05) is 51.1 Å². The van der Waals surface area contributed by atoms with Crippen LogP contribution < -0.4 is 0 Å². The van der Waals surface area contributed by atoms with Crippen LogP contribution in [0, 0.1) is 0 Å². The maximum Gasteiger partial charge on any atom is 0.251 e. The van der Waals surface area contributed by atoms with Gasteiger partial charge in [0.15, 0.2) is 8.32 Å². The second kappa shape index (κ2) is 7.54. The molecule has 0 N–H and O–H groups in total. The van der Waals surface area contributed by atoms with E-state index in [1.807, 2.05) is 30.3 Å². The first-order valence-electron chi connectivity index (χ1n) is 7.12. The van der Waals surface area contributed by atoms with E-state index in [0.717, 1.165) is 5.56 Å². The van der Waals surface area contributed by atoms with Crippen LogP contribution in [-0.4, -0.2) is 26.3 Å². The second-order valence-corrected chi connectivity index (χ2v) is 11.8. The lowest BCUT2D eigenvalue weighted by Crippen LogP contribution is -2.46. The number of halogens is 1. The van der Waals surface area contributed by atoms with Crippen LogP contribution in [0.25, 0.3) is 0 Å². The molecule has 0 spiro atoms. The molecular weight excluding hydrogens is 304 g/mol. The van der Waals surface area contributed by atoms with Crippen molar-refractivity contribution in [2.45, 2.75) is 51.6 Å². The van der Waals surface area contributed by atoms with Gasteiger partial charge in [0, 0.05) is 0 Å². The third-order valence-corrected chi connectivity index (χ3v) is 8.61. The van der Waals surface area contributed by atoms with Crippen molar-refractivity contribution in [1.29, 1.82) is 0 Å². The van der Waals surface area contributed by atoms with Crippen LogP contribution >= 0.6 is 11.6 Å². The average molecular weight is 329 g/mol. The van der Waals surface area contributed by atoms with Crippen LogP contribution in [0.2, 0.25) is 18.1 Å². The average Bonchev–Trinajstić information content (AvgIpc) is 2.37. The Morgan fingerprint density at radius 1 is 1.24 bits per heavy atom. The van der Waals surface area contributed by atoms with E-state index < -0.39 is 19.7 Å². The molecule has 0 saturated heterocycles. The van der Waals surface area contributed by atoms with Crippen molar-refractivity contribution >= 4 is 25.2 Å². The van der Waals surface area contributed by atoms with Gasteiger partial charge in [-0.25, -0.2) is 0 Å². The molecule has 0 heterocycles. The Bertz CT molecular complexity index is 454. The van der Waals surface area contributed by atoms with E-state index in [0.29, 0.717) is 6.61 Å². The van der Waals surface area contributed by atoms with Crippen molar-refractivity contribution in [1.82, 2.24) is 0 Å². The molecule has 1 unspecified atom stereocenters. The first kappa shape index (κ1) is 18.4. The minimum Gasteiger partial charge on any atom is -0.404 e. The molecule has 118 valence electrons. The van der Waals surface area contributed by atoms with Crippen molar-refractivity contribution in [2.24, 2.45) is 0 Å². The molecule has 1 rings (SSSR count). The van der Waals surface area contributed by atoms with Gasteiger partial charge in [0.25, 0.3) is 5.24 Å². The minimum absolute atomic E-state index is 0.0248. The number of carbonyl (C=O) groups excluding carboxylic acids is 1. The van der Waals surface area contributed by atoms with Crippen molar-refractivity contribution in [2.75, 3.05) is 6.61 Å². The van der Waals surface area contributed by atoms with E-state index in [2.05, 4.69) is 33.9 Å². The summed E-state index contributed by atoms with van der Waals surface area (Å²) in [5.74, 6) is 0. The summed E-state index contributed by atoms with van der Waals surface area (Å²) in [6.07, 6.45) is -0.698. The molecule has 0 aliphatic rings. The van der Waals surface area contributed by atoms with Gasteiger partial charge >= 0.3 is 0 Å². The maximum absolute atomic E-state index is 11.6. The number of carbonyl (C=O) groups is 1. The molecule has 1 atom stereocenters. The number of rotatable bonds is 7. The van der Waals surface area contributed by atoms with Crippen molar-refractivity contribution in [3.8, 4) is 0 Å². The van der Waals surface area contributed by atoms with E-state index in [4.69, 9.17) is 20.8 Å². The molecule has 0 aliphatic carbocycles. The molecule has 1 aromatic carbocycles. The predicted octanol–water partition coefficient (Wildman–Crippen LogP) is 4.36. The van der Waals surface area contributed by atoms with Gasteiger partial charge in [-0.05, 0) is 35.3 Å². The van der Waals surface area contributed by atoms with E-state index in [-0.39, 0.29) is 11.6 Å². The number of hydrogen-bond donors (Lipinski definition) is 0. The molecule has 0 amide bonds. The van der Waals surface area contributed by atoms with Gasteiger partial charge in [-0.2, -0.15) is 0 Å². The highest BCUT2D eigenvalue weighted by molar-refractivity contribution is 6.75. The maximum atomic E-state index is 11.6. The summed E-state index contributed by atoms with van der Waals surface area (Å²) in [6, 6.07) is 9.82. The lowest BCUT2D eigenvalue weighted by atomic mass is 10.2. The summed E-state index contributed by atoms with van der Waals surface area (Å²) in [6.45, 7) is 11.2. The van der Waals surface area contributed by atoms with Gasteiger partial charge < -0.3 is 9.16 Å². The van der Waals surface area contributed by atoms with Gasteiger partial charge in [-0.3, -0.25) is 4.79 Å². The zero-order chi connectivity index (χ0) is 16.1. The highest BCUT2D eigenvalue weighted by atomic mass is 35.5. The first-order chi connectivity index (χ1) is 9.63.